The number of hydrogen-bond acceptors (Lipinski definition) is 3. The smallest absolute Gasteiger partial charge is 0.234 e. The second kappa shape index (κ2) is 7.75. The van der Waals surface area contributed by atoms with Crippen LogP contribution in [0.4, 0.5) is 0 Å². The maximum Gasteiger partial charge on any atom is 0.234 e. The molecule has 4 nitrogen and oxygen atoms in total. The lowest BCUT2D eigenvalue weighted by atomic mass is 9.82. The SMILES string of the molecule is CCC(C)(C)c1ccc(CNC(=O)CN2CCNCC2)cc1. The van der Waals surface area contributed by atoms with E-state index in [4.69, 9.17) is 0 Å². The number of hydrogen-bond donors (Lipinski definition) is 2. The van der Waals surface area contributed by atoms with Gasteiger partial charge in [-0.15, -0.1) is 0 Å². The molecule has 4 heteroatoms. The van der Waals surface area contributed by atoms with Gasteiger partial charge in [0.15, 0.2) is 0 Å². The molecule has 1 saturated heterocycles. The maximum absolute atomic E-state index is 12.0. The molecule has 1 aromatic rings. The predicted octanol–water partition coefficient (Wildman–Crippen LogP) is 1.90. The van der Waals surface area contributed by atoms with E-state index in [1.54, 1.807) is 0 Å². The second-order valence-corrected chi connectivity index (χ2v) is 6.74. The fourth-order valence-corrected chi connectivity index (χ4v) is 2.61. The van der Waals surface area contributed by atoms with Crippen LogP contribution in [-0.2, 0) is 16.8 Å². The lowest BCUT2D eigenvalue weighted by molar-refractivity contribution is -0.122. The number of piperazine rings is 1. The van der Waals surface area contributed by atoms with Gasteiger partial charge in [0.05, 0.1) is 6.54 Å². The number of carbonyl (C=O) groups is 1. The number of carbonyl (C=O) groups excluding carboxylic acids is 1. The Morgan fingerprint density at radius 3 is 2.45 bits per heavy atom. The highest BCUT2D eigenvalue weighted by molar-refractivity contribution is 5.78. The van der Waals surface area contributed by atoms with E-state index >= 15 is 0 Å². The van der Waals surface area contributed by atoms with Gasteiger partial charge in [0.2, 0.25) is 5.91 Å². The number of nitrogens with zero attached hydrogens (tertiary/aromatic N) is 1. The Kier molecular flexibility index (Phi) is 5.98. The van der Waals surface area contributed by atoms with Gasteiger partial charge in [-0.3, -0.25) is 9.69 Å². The van der Waals surface area contributed by atoms with Crippen LogP contribution in [0, 0.1) is 0 Å². The summed E-state index contributed by atoms with van der Waals surface area (Å²) < 4.78 is 0. The van der Waals surface area contributed by atoms with E-state index in [1.807, 2.05) is 0 Å². The van der Waals surface area contributed by atoms with Crippen LogP contribution >= 0.6 is 0 Å². The number of amides is 1. The summed E-state index contributed by atoms with van der Waals surface area (Å²) in [6.07, 6.45) is 1.12. The van der Waals surface area contributed by atoms with E-state index < -0.39 is 0 Å². The topological polar surface area (TPSA) is 44.4 Å². The molecule has 0 aliphatic carbocycles. The third-order valence-corrected chi connectivity index (χ3v) is 4.69. The fraction of sp³-hybridized carbons (Fsp3) is 0.611. The van der Waals surface area contributed by atoms with Gasteiger partial charge >= 0.3 is 0 Å². The Bertz CT molecular complexity index is 476. The minimum Gasteiger partial charge on any atom is -0.351 e. The van der Waals surface area contributed by atoms with Crippen molar-refractivity contribution in [3.8, 4) is 0 Å². The first-order chi connectivity index (χ1) is 10.5. The van der Waals surface area contributed by atoms with E-state index in [-0.39, 0.29) is 11.3 Å². The minimum atomic E-state index is 0.111. The third kappa shape index (κ3) is 4.82. The van der Waals surface area contributed by atoms with Gasteiger partial charge in [-0.05, 0) is 23.0 Å². The quantitative estimate of drug-likeness (QED) is 0.843. The molecule has 0 unspecified atom stereocenters. The molecule has 0 saturated carbocycles. The Morgan fingerprint density at radius 1 is 1.23 bits per heavy atom. The highest BCUT2D eigenvalue weighted by Crippen LogP contribution is 2.26. The predicted molar refractivity (Wildman–Crippen MR) is 90.9 cm³/mol. The van der Waals surface area contributed by atoms with E-state index in [1.165, 1.54) is 5.56 Å². The van der Waals surface area contributed by atoms with Crippen molar-refractivity contribution >= 4 is 5.91 Å². The normalized spacial score (nSPS) is 16.5. The van der Waals surface area contributed by atoms with Gasteiger partial charge in [0.25, 0.3) is 0 Å². The molecule has 0 radical (unpaired) electrons. The monoisotopic (exact) mass is 303 g/mol. The zero-order valence-electron chi connectivity index (χ0n) is 14.1. The average molecular weight is 303 g/mol. The Labute approximate surface area is 134 Å². The van der Waals surface area contributed by atoms with Crippen molar-refractivity contribution in [2.24, 2.45) is 0 Å². The van der Waals surface area contributed by atoms with Crippen LogP contribution in [0.1, 0.15) is 38.3 Å². The van der Waals surface area contributed by atoms with Crippen LogP contribution in [0.15, 0.2) is 24.3 Å². The maximum atomic E-state index is 12.0. The largest absolute Gasteiger partial charge is 0.351 e. The first kappa shape index (κ1) is 17.0. The van der Waals surface area contributed by atoms with E-state index in [0.717, 1.165) is 38.2 Å². The molecule has 1 aliphatic heterocycles. The van der Waals surface area contributed by atoms with Gasteiger partial charge in [0, 0.05) is 32.7 Å². The highest BCUT2D eigenvalue weighted by atomic mass is 16.2. The standard InChI is InChI=1S/C18H29N3O/c1-4-18(2,3)16-7-5-15(6-8-16)13-20-17(22)14-21-11-9-19-10-12-21/h5-8,19H,4,9-14H2,1-3H3,(H,20,22). The van der Waals surface area contributed by atoms with Gasteiger partial charge < -0.3 is 10.6 Å². The highest BCUT2D eigenvalue weighted by Gasteiger charge is 2.17. The van der Waals surface area contributed by atoms with E-state index in [2.05, 4.69) is 60.6 Å². The van der Waals surface area contributed by atoms with Crippen molar-refractivity contribution < 1.29 is 4.79 Å². The van der Waals surface area contributed by atoms with Crippen molar-refractivity contribution in [1.82, 2.24) is 15.5 Å². The molecule has 1 aromatic carbocycles. The molecule has 1 heterocycles. The van der Waals surface area contributed by atoms with Crippen LogP contribution < -0.4 is 10.6 Å². The minimum absolute atomic E-state index is 0.111. The molecule has 2 N–H and O–H groups in total. The summed E-state index contributed by atoms with van der Waals surface area (Å²) in [7, 11) is 0. The zero-order chi connectivity index (χ0) is 16.0. The molecule has 0 bridgehead atoms. The summed E-state index contributed by atoms with van der Waals surface area (Å²) in [6, 6.07) is 8.61. The lowest BCUT2D eigenvalue weighted by Crippen LogP contribution is -2.47. The molecule has 0 spiro atoms. The Balaban J connectivity index is 1.80. The number of nitrogens with one attached hydrogen (secondary N) is 2. The second-order valence-electron chi connectivity index (χ2n) is 6.74. The van der Waals surface area contributed by atoms with Crippen LogP contribution in [0.3, 0.4) is 0 Å². The van der Waals surface area contributed by atoms with Gasteiger partial charge in [-0.1, -0.05) is 45.0 Å². The average Bonchev–Trinajstić information content (AvgIpc) is 2.54. The van der Waals surface area contributed by atoms with Crippen LogP contribution in [-0.4, -0.2) is 43.5 Å². The summed E-state index contributed by atoms with van der Waals surface area (Å²) in [5, 5.41) is 6.31. The molecule has 1 amide bonds. The Morgan fingerprint density at radius 2 is 1.86 bits per heavy atom. The molecular formula is C18H29N3O. The van der Waals surface area contributed by atoms with Crippen LogP contribution in [0.2, 0.25) is 0 Å². The molecule has 0 atom stereocenters. The van der Waals surface area contributed by atoms with Gasteiger partial charge in [-0.25, -0.2) is 0 Å². The van der Waals surface area contributed by atoms with Gasteiger partial charge in [0.1, 0.15) is 0 Å². The molecule has 1 fully saturated rings. The van der Waals surface area contributed by atoms with E-state index in [9.17, 15) is 4.79 Å². The summed E-state index contributed by atoms with van der Waals surface area (Å²) in [5.74, 6) is 0.111. The summed E-state index contributed by atoms with van der Waals surface area (Å²) in [5.41, 5.74) is 2.72. The number of rotatable bonds is 6. The van der Waals surface area contributed by atoms with Crippen molar-refractivity contribution in [2.75, 3.05) is 32.7 Å². The number of benzene rings is 1. The van der Waals surface area contributed by atoms with Gasteiger partial charge in [-0.2, -0.15) is 0 Å². The molecular weight excluding hydrogens is 274 g/mol. The van der Waals surface area contributed by atoms with Crippen LogP contribution in [0.5, 0.6) is 0 Å². The third-order valence-electron chi connectivity index (χ3n) is 4.69. The van der Waals surface area contributed by atoms with Crippen molar-refractivity contribution in [3.63, 3.8) is 0 Å². The van der Waals surface area contributed by atoms with E-state index in [0.29, 0.717) is 13.1 Å². The zero-order valence-corrected chi connectivity index (χ0v) is 14.1. The molecule has 122 valence electrons. The lowest BCUT2D eigenvalue weighted by Gasteiger charge is -2.26. The molecule has 0 aromatic heterocycles. The Hall–Kier alpha value is -1.39. The molecule has 2 rings (SSSR count). The van der Waals surface area contributed by atoms with Crippen LogP contribution in [0.25, 0.3) is 0 Å². The van der Waals surface area contributed by atoms with Crippen molar-refractivity contribution in [2.45, 2.75) is 39.2 Å². The fourth-order valence-electron chi connectivity index (χ4n) is 2.61. The first-order valence-electron chi connectivity index (χ1n) is 8.30. The summed E-state index contributed by atoms with van der Waals surface area (Å²) in [6.45, 7) is 11.7. The van der Waals surface area contributed by atoms with Crippen molar-refractivity contribution in [3.05, 3.63) is 35.4 Å². The summed E-state index contributed by atoms with van der Waals surface area (Å²) in [4.78, 5) is 14.2. The first-order valence-corrected chi connectivity index (χ1v) is 8.30. The molecule has 1 aliphatic rings. The molecule has 22 heavy (non-hydrogen) atoms. The summed E-state index contributed by atoms with van der Waals surface area (Å²) >= 11 is 0. The van der Waals surface area contributed by atoms with Crippen molar-refractivity contribution in [1.29, 1.82) is 0 Å².